The molecule has 166 valence electrons. The SMILES string of the molecule is CCN(CC)CCC(C)Oc1ccc(-c2ncc(CNC(=O)OC(C)(C)C)s2)cc1. The molecule has 1 aromatic heterocycles. The highest BCUT2D eigenvalue weighted by Gasteiger charge is 2.16. The molecule has 30 heavy (non-hydrogen) atoms. The van der Waals surface area contributed by atoms with Crippen LogP contribution in [0.3, 0.4) is 0 Å². The average molecular weight is 434 g/mol. The van der Waals surface area contributed by atoms with Crippen molar-refractivity contribution < 1.29 is 14.3 Å². The molecule has 1 N–H and O–H groups in total. The van der Waals surface area contributed by atoms with Crippen LogP contribution in [-0.4, -0.2) is 47.3 Å². The first-order valence-electron chi connectivity index (χ1n) is 10.6. The Morgan fingerprint density at radius 3 is 2.47 bits per heavy atom. The normalized spacial score (nSPS) is 12.6. The maximum absolute atomic E-state index is 11.8. The lowest BCUT2D eigenvalue weighted by molar-refractivity contribution is 0.0524. The number of aromatic nitrogens is 1. The van der Waals surface area contributed by atoms with E-state index in [0.717, 1.165) is 47.3 Å². The van der Waals surface area contributed by atoms with E-state index in [-0.39, 0.29) is 6.10 Å². The molecule has 0 aliphatic rings. The van der Waals surface area contributed by atoms with Gasteiger partial charge in [0.1, 0.15) is 16.4 Å². The van der Waals surface area contributed by atoms with Gasteiger partial charge in [0.15, 0.2) is 0 Å². The first kappa shape index (κ1) is 24.2. The fourth-order valence-electron chi connectivity index (χ4n) is 2.87. The largest absolute Gasteiger partial charge is 0.491 e. The summed E-state index contributed by atoms with van der Waals surface area (Å²) in [7, 11) is 0. The van der Waals surface area contributed by atoms with Gasteiger partial charge in [-0.25, -0.2) is 9.78 Å². The summed E-state index contributed by atoms with van der Waals surface area (Å²) in [4.78, 5) is 19.6. The Morgan fingerprint density at radius 1 is 1.20 bits per heavy atom. The van der Waals surface area contributed by atoms with Gasteiger partial charge in [0.25, 0.3) is 0 Å². The molecule has 2 rings (SSSR count). The van der Waals surface area contributed by atoms with Crippen molar-refractivity contribution in [2.75, 3.05) is 19.6 Å². The van der Waals surface area contributed by atoms with E-state index in [4.69, 9.17) is 9.47 Å². The first-order valence-corrected chi connectivity index (χ1v) is 11.4. The smallest absolute Gasteiger partial charge is 0.407 e. The van der Waals surface area contributed by atoms with Gasteiger partial charge in [0, 0.05) is 23.2 Å². The number of alkyl carbamates (subject to hydrolysis) is 1. The summed E-state index contributed by atoms with van der Waals surface area (Å²) in [6.07, 6.45) is 2.54. The minimum atomic E-state index is -0.504. The van der Waals surface area contributed by atoms with Crippen LogP contribution in [0.2, 0.25) is 0 Å². The molecule has 0 fully saturated rings. The molecule has 1 atom stereocenters. The molecule has 0 radical (unpaired) electrons. The number of nitrogens with zero attached hydrogens (tertiary/aromatic N) is 2. The van der Waals surface area contributed by atoms with Crippen LogP contribution in [0.5, 0.6) is 5.75 Å². The van der Waals surface area contributed by atoms with Gasteiger partial charge in [-0.15, -0.1) is 11.3 Å². The number of amides is 1. The molecule has 6 nitrogen and oxygen atoms in total. The molecule has 0 aliphatic carbocycles. The zero-order valence-electron chi connectivity index (χ0n) is 19.0. The second-order valence-corrected chi connectivity index (χ2v) is 9.37. The van der Waals surface area contributed by atoms with Crippen molar-refractivity contribution in [1.82, 2.24) is 15.2 Å². The fraction of sp³-hybridized carbons (Fsp3) is 0.565. The maximum Gasteiger partial charge on any atom is 0.407 e. The lowest BCUT2D eigenvalue weighted by atomic mass is 10.2. The van der Waals surface area contributed by atoms with Crippen LogP contribution >= 0.6 is 11.3 Å². The Labute approximate surface area is 184 Å². The average Bonchev–Trinajstić information content (AvgIpc) is 3.15. The monoisotopic (exact) mass is 433 g/mol. The van der Waals surface area contributed by atoms with Gasteiger partial charge in [-0.3, -0.25) is 0 Å². The van der Waals surface area contributed by atoms with Crippen molar-refractivity contribution in [2.45, 2.75) is 66.2 Å². The van der Waals surface area contributed by atoms with Crippen LogP contribution in [0.1, 0.15) is 52.8 Å². The summed E-state index contributed by atoms with van der Waals surface area (Å²) in [5, 5.41) is 3.68. The molecule has 1 unspecified atom stereocenters. The number of hydrogen-bond acceptors (Lipinski definition) is 6. The highest BCUT2D eigenvalue weighted by molar-refractivity contribution is 7.15. The van der Waals surface area contributed by atoms with Gasteiger partial charge >= 0.3 is 6.09 Å². The van der Waals surface area contributed by atoms with Crippen molar-refractivity contribution in [3.8, 4) is 16.3 Å². The second kappa shape index (κ2) is 11.3. The highest BCUT2D eigenvalue weighted by Crippen LogP contribution is 2.27. The number of benzene rings is 1. The number of carbonyl (C=O) groups excluding carboxylic acids is 1. The summed E-state index contributed by atoms with van der Waals surface area (Å²) in [5.74, 6) is 0.870. The number of carbonyl (C=O) groups is 1. The van der Waals surface area contributed by atoms with Crippen LogP contribution in [0, 0.1) is 0 Å². The van der Waals surface area contributed by atoms with Crippen LogP contribution in [-0.2, 0) is 11.3 Å². The minimum Gasteiger partial charge on any atom is -0.491 e. The number of ether oxygens (including phenoxy) is 2. The topological polar surface area (TPSA) is 63.7 Å². The Bertz CT molecular complexity index is 780. The molecule has 1 heterocycles. The van der Waals surface area contributed by atoms with Crippen LogP contribution in [0.25, 0.3) is 10.6 Å². The quantitative estimate of drug-likeness (QED) is 0.548. The molecular formula is C23H35N3O3S. The van der Waals surface area contributed by atoms with E-state index < -0.39 is 11.7 Å². The Morgan fingerprint density at radius 2 is 1.87 bits per heavy atom. The number of nitrogens with one attached hydrogen (secondary N) is 1. The van der Waals surface area contributed by atoms with Gasteiger partial charge in [0.2, 0.25) is 0 Å². The molecular weight excluding hydrogens is 398 g/mol. The first-order chi connectivity index (χ1) is 14.2. The van der Waals surface area contributed by atoms with E-state index in [1.807, 2.05) is 45.0 Å². The Balaban J connectivity index is 1.85. The molecule has 1 amide bonds. The van der Waals surface area contributed by atoms with Crippen LogP contribution < -0.4 is 10.1 Å². The third-order valence-electron chi connectivity index (χ3n) is 4.54. The summed E-state index contributed by atoms with van der Waals surface area (Å²) in [6.45, 7) is 15.6. The lowest BCUT2D eigenvalue weighted by Crippen LogP contribution is -2.31. The molecule has 0 spiro atoms. The van der Waals surface area contributed by atoms with E-state index in [0.29, 0.717) is 6.54 Å². The van der Waals surface area contributed by atoms with Crippen LogP contribution in [0.15, 0.2) is 30.5 Å². The number of hydrogen-bond donors (Lipinski definition) is 1. The lowest BCUT2D eigenvalue weighted by Gasteiger charge is -2.21. The Kier molecular flexibility index (Phi) is 9.11. The molecule has 0 bridgehead atoms. The van der Waals surface area contributed by atoms with E-state index in [1.54, 1.807) is 17.5 Å². The van der Waals surface area contributed by atoms with Crippen molar-refractivity contribution >= 4 is 17.4 Å². The molecule has 2 aromatic rings. The van der Waals surface area contributed by atoms with Crippen molar-refractivity contribution in [2.24, 2.45) is 0 Å². The molecule has 1 aromatic carbocycles. The van der Waals surface area contributed by atoms with Crippen molar-refractivity contribution in [3.05, 3.63) is 35.3 Å². The predicted molar refractivity (Wildman–Crippen MR) is 123 cm³/mol. The third kappa shape index (κ3) is 8.32. The van der Waals surface area contributed by atoms with Crippen LogP contribution in [0.4, 0.5) is 4.79 Å². The predicted octanol–water partition coefficient (Wildman–Crippen LogP) is 5.33. The van der Waals surface area contributed by atoms with E-state index in [1.165, 1.54) is 0 Å². The maximum atomic E-state index is 11.8. The summed E-state index contributed by atoms with van der Waals surface area (Å²) in [5.41, 5.74) is 0.530. The second-order valence-electron chi connectivity index (χ2n) is 8.26. The van der Waals surface area contributed by atoms with E-state index >= 15 is 0 Å². The van der Waals surface area contributed by atoms with Gasteiger partial charge in [-0.1, -0.05) is 13.8 Å². The van der Waals surface area contributed by atoms with Gasteiger partial charge in [-0.2, -0.15) is 0 Å². The summed E-state index contributed by atoms with van der Waals surface area (Å²) >= 11 is 1.55. The van der Waals surface area contributed by atoms with Crippen molar-refractivity contribution in [1.29, 1.82) is 0 Å². The zero-order valence-corrected chi connectivity index (χ0v) is 19.8. The highest BCUT2D eigenvalue weighted by atomic mass is 32.1. The molecule has 0 aliphatic heterocycles. The minimum absolute atomic E-state index is 0.168. The number of rotatable bonds is 10. The van der Waals surface area contributed by atoms with Crippen molar-refractivity contribution in [3.63, 3.8) is 0 Å². The zero-order chi connectivity index (χ0) is 22.1. The summed E-state index contributed by atoms with van der Waals surface area (Å²) in [6, 6.07) is 8.03. The van der Waals surface area contributed by atoms with Gasteiger partial charge in [0.05, 0.1) is 12.6 Å². The standard InChI is InChI=1S/C23H35N3O3S/c1-7-26(8-2)14-13-17(3)28-19-11-9-18(10-12-19)21-24-15-20(30-21)16-25-22(27)29-23(4,5)6/h9-12,15,17H,7-8,13-14,16H2,1-6H3,(H,25,27). The molecule has 7 heteroatoms. The van der Waals surface area contributed by atoms with E-state index in [2.05, 4.69) is 36.0 Å². The van der Waals surface area contributed by atoms with Gasteiger partial charge < -0.3 is 19.7 Å². The molecule has 0 saturated heterocycles. The third-order valence-corrected chi connectivity index (χ3v) is 5.59. The molecule has 0 saturated carbocycles. The number of thiazole rings is 1. The van der Waals surface area contributed by atoms with Gasteiger partial charge in [-0.05, 0) is 71.5 Å². The van der Waals surface area contributed by atoms with E-state index in [9.17, 15) is 4.79 Å². The summed E-state index contributed by atoms with van der Waals surface area (Å²) < 4.78 is 11.3. The fourth-order valence-corrected chi connectivity index (χ4v) is 3.73. The Hall–Kier alpha value is -2.12.